The summed E-state index contributed by atoms with van der Waals surface area (Å²) >= 11 is 6.15. The Morgan fingerprint density at radius 2 is 1.83 bits per heavy atom. The summed E-state index contributed by atoms with van der Waals surface area (Å²) in [4.78, 5) is 12.5. The van der Waals surface area contributed by atoms with E-state index in [2.05, 4.69) is 5.32 Å². The summed E-state index contributed by atoms with van der Waals surface area (Å²) in [5.41, 5.74) is 1.40. The first kappa shape index (κ1) is 19.2. The Balaban J connectivity index is 1.32. The van der Waals surface area contributed by atoms with Crippen LogP contribution in [0, 0.1) is 0 Å². The van der Waals surface area contributed by atoms with Crippen molar-refractivity contribution in [3.8, 4) is 17.2 Å². The van der Waals surface area contributed by atoms with Crippen molar-refractivity contribution in [2.45, 2.75) is 12.7 Å². The summed E-state index contributed by atoms with van der Waals surface area (Å²) in [6.07, 6.45) is -0.242. The van der Waals surface area contributed by atoms with E-state index in [9.17, 15) is 4.79 Å². The fourth-order valence-corrected chi connectivity index (χ4v) is 3.17. The van der Waals surface area contributed by atoms with Crippen molar-refractivity contribution in [1.82, 2.24) is 5.32 Å². The van der Waals surface area contributed by atoms with Crippen molar-refractivity contribution in [3.05, 3.63) is 88.9 Å². The third-order valence-corrected chi connectivity index (χ3v) is 4.87. The van der Waals surface area contributed by atoms with Gasteiger partial charge in [0.15, 0.2) is 11.5 Å². The molecular weight excluding hydrogens is 390 g/mol. The van der Waals surface area contributed by atoms with Gasteiger partial charge in [0.25, 0.3) is 5.91 Å². The molecule has 5 nitrogen and oxygen atoms in total. The van der Waals surface area contributed by atoms with Crippen LogP contribution < -0.4 is 19.5 Å². The average Bonchev–Trinajstić information content (AvgIpc) is 2.77. The van der Waals surface area contributed by atoms with E-state index in [4.69, 9.17) is 25.8 Å². The Labute approximate surface area is 174 Å². The van der Waals surface area contributed by atoms with Crippen molar-refractivity contribution in [2.24, 2.45) is 0 Å². The maximum Gasteiger partial charge on any atom is 0.251 e. The summed E-state index contributed by atoms with van der Waals surface area (Å²) in [7, 11) is 0. The minimum Gasteiger partial charge on any atom is -0.489 e. The summed E-state index contributed by atoms with van der Waals surface area (Å²) < 4.78 is 17.3. The van der Waals surface area contributed by atoms with Crippen LogP contribution in [0.3, 0.4) is 0 Å². The molecule has 29 heavy (non-hydrogen) atoms. The van der Waals surface area contributed by atoms with Crippen molar-refractivity contribution >= 4 is 17.5 Å². The minimum atomic E-state index is -0.242. The van der Waals surface area contributed by atoms with Gasteiger partial charge >= 0.3 is 0 Å². The second-order valence-corrected chi connectivity index (χ2v) is 7.02. The molecule has 0 bridgehead atoms. The van der Waals surface area contributed by atoms with Gasteiger partial charge in [-0.3, -0.25) is 4.79 Å². The van der Waals surface area contributed by atoms with Crippen molar-refractivity contribution in [2.75, 3.05) is 13.2 Å². The number of nitrogens with one attached hydrogen (secondary N) is 1. The van der Waals surface area contributed by atoms with Gasteiger partial charge in [-0.25, -0.2) is 0 Å². The van der Waals surface area contributed by atoms with Crippen LogP contribution in [0.4, 0.5) is 0 Å². The zero-order valence-electron chi connectivity index (χ0n) is 15.6. The lowest BCUT2D eigenvalue weighted by Crippen LogP contribution is -2.40. The maximum absolute atomic E-state index is 12.5. The van der Waals surface area contributed by atoms with E-state index in [0.29, 0.717) is 41.8 Å². The molecule has 3 aromatic carbocycles. The topological polar surface area (TPSA) is 56.8 Å². The molecule has 0 fully saturated rings. The van der Waals surface area contributed by atoms with Crippen LogP contribution in [0.2, 0.25) is 5.02 Å². The van der Waals surface area contributed by atoms with Gasteiger partial charge in [-0.2, -0.15) is 0 Å². The zero-order valence-corrected chi connectivity index (χ0v) is 16.4. The van der Waals surface area contributed by atoms with Gasteiger partial charge in [-0.05, 0) is 36.4 Å². The van der Waals surface area contributed by atoms with Gasteiger partial charge in [0.05, 0.1) is 6.54 Å². The van der Waals surface area contributed by atoms with Crippen LogP contribution in [-0.2, 0) is 6.61 Å². The van der Waals surface area contributed by atoms with Crippen molar-refractivity contribution in [1.29, 1.82) is 0 Å². The largest absolute Gasteiger partial charge is 0.489 e. The number of ether oxygens (including phenoxy) is 3. The predicted octanol–water partition coefficient (Wildman–Crippen LogP) is 4.49. The summed E-state index contributed by atoms with van der Waals surface area (Å²) in [6.45, 7) is 1.06. The smallest absolute Gasteiger partial charge is 0.251 e. The van der Waals surface area contributed by atoms with Gasteiger partial charge in [-0.15, -0.1) is 0 Å². The molecule has 0 saturated carbocycles. The minimum absolute atomic E-state index is 0.198. The molecule has 6 heteroatoms. The number of carbonyl (C=O) groups excluding carboxylic acids is 1. The number of carbonyl (C=O) groups is 1. The van der Waals surface area contributed by atoms with E-state index in [1.807, 2.05) is 54.6 Å². The van der Waals surface area contributed by atoms with Crippen LogP contribution in [0.5, 0.6) is 17.2 Å². The van der Waals surface area contributed by atoms with Crippen LogP contribution in [0.1, 0.15) is 15.9 Å². The lowest BCUT2D eigenvalue weighted by molar-refractivity contribution is 0.0789. The van der Waals surface area contributed by atoms with Gasteiger partial charge in [0.2, 0.25) is 0 Å². The Hall–Kier alpha value is -3.18. The van der Waals surface area contributed by atoms with E-state index < -0.39 is 0 Å². The van der Waals surface area contributed by atoms with E-state index in [1.54, 1.807) is 18.2 Å². The molecule has 0 aromatic heterocycles. The Morgan fingerprint density at radius 1 is 1.03 bits per heavy atom. The van der Waals surface area contributed by atoms with Gasteiger partial charge in [0.1, 0.15) is 25.1 Å². The summed E-state index contributed by atoms with van der Waals surface area (Å²) in [5, 5.41) is 3.54. The molecule has 4 rings (SSSR count). The van der Waals surface area contributed by atoms with Crippen LogP contribution in [-0.4, -0.2) is 25.2 Å². The number of benzene rings is 3. The quantitative estimate of drug-likeness (QED) is 0.651. The monoisotopic (exact) mass is 409 g/mol. The summed E-state index contributed by atoms with van der Waals surface area (Å²) in [6, 6.07) is 22.0. The first-order valence-electron chi connectivity index (χ1n) is 9.32. The third-order valence-electron chi connectivity index (χ3n) is 4.51. The number of para-hydroxylation sites is 2. The van der Waals surface area contributed by atoms with Crippen LogP contribution in [0.25, 0.3) is 0 Å². The van der Waals surface area contributed by atoms with Crippen LogP contribution >= 0.6 is 11.6 Å². The Kier molecular flexibility index (Phi) is 5.86. The lowest BCUT2D eigenvalue weighted by atomic mass is 10.2. The Morgan fingerprint density at radius 3 is 2.69 bits per heavy atom. The number of rotatable bonds is 6. The fourth-order valence-electron chi connectivity index (χ4n) is 2.98. The molecule has 0 spiro atoms. The molecule has 1 aliphatic rings. The molecule has 0 saturated heterocycles. The molecule has 0 unspecified atom stereocenters. The highest BCUT2D eigenvalue weighted by atomic mass is 35.5. The van der Waals surface area contributed by atoms with Gasteiger partial charge in [0, 0.05) is 16.1 Å². The number of hydrogen-bond acceptors (Lipinski definition) is 4. The highest BCUT2D eigenvalue weighted by molar-refractivity contribution is 6.31. The number of fused-ring (bicyclic) bond motifs is 1. The normalized spacial score (nSPS) is 14.9. The number of amides is 1. The van der Waals surface area contributed by atoms with Gasteiger partial charge < -0.3 is 19.5 Å². The van der Waals surface area contributed by atoms with E-state index in [1.165, 1.54) is 0 Å². The highest BCUT2D eigenvalue weighted by Crippen LogP contribution is 2.30. The molecule has 0 radical (unpaired) electrons. The van der Waals surface area contributed by atoms with E-state index in [-0.39, 0.29) is 12.0 Å². The average molecular weight is 410 g/mol. The first-order chi connectivity index (χ1) is 14.2. The molecular formula is C23H20ClNO4. The number of halogens is 1. The highest BCUT2D eigenvalue weighted by Gasteiger charge is 2.21. The molecule has 1 atom stereocenters. The van der Waals surface area contributed by atoms with E-state index in [0.717, 1.165) is 11.3 Å². The second kappa shape index (κ2) is 8.88. The van der Waals surface area contributed by atoms with Gasteiger partial charge in [-0.1, -0.05) is 48.0 Å². The second-order valence-electron chi connectivity index (χ2n) is 6.62. The molecule has 148 valence electrons. The predicted molar refractivity (Wildman–Crippen MR) is 111 cm³/mol. The summed E-state index contributed by atoms with van der Waals surface area (Å²) in [5.74, 6) is 1.81. The fraction of sp³-hybridized carbons (Fsp3) is 0.174. The molecule has 1 aliphatic heterocycles. The van der Waals surface area contributed by atoms with Crippen LogP contribution in [0.15, 0.2) is 72.8 Å². The Bertz CT molecular complexity index is 1010. The third kappa shape index (κ3) is 4.81. The standard InChI is InChI=1S/C23H20ClNO4/c24-20-9-2-1-6-17(20)14-27-18-8-5-7-16(12-18)23(26)25-13-19-15-28-21-10-3-4-11-22(21)29-19/h1-12,19H,13-15H2,(H,25,26)/t19-/m0/s1. The lowest BCUT2D eigenvalue weighted by Gasteiger charge is -2.26. The first-order valence-corrected chi connectivity index (χ1v) is 9.70. The zero-order chi connectivity index (χ0) is 20.1. The molecule has 1 amide bonds. The maximum atomic E-state index is 12.5. The van der Waals surface area contributed by atoms with E-state index >= 15 is 0 Å². The molecule has 1 heterocycles. The van der Waals surface area contributed by atoms with Crippen molar-refractivity contribution in [3.63, 3.8) is 0 Å². The SMILES string of the molecule is O=C(NC[C@H]1COc2ccccc2O1)c1cccc(OCc2ccccc2Cl)c1. The number of hydrogen-bond donors (Lipinski definition) is 1. The molecule has 1 N–H and O–H groups in total. The molecule has 0 aliphatic carbocycles. The van der Waals surface area contributed by atoms with Crippen molar-refractivity contribution < 1.29 is 19.0 Å². The molecule has 3 aromatic rings.